The first-order chi connectivity index (χ1) is 7.20. The largest absolute Gasteiger partial charge is 0.385 e. The fourth-order valence-electron chi connectivity index (χ4n) is 1.58. The first-order valence-corrected chi connectivity index (χ1v) is 5.74. The number of ether oxygens (including phenoxy) is 1. The number of hydrogen-bond acceptors (Lipinski definition) is 3. The van der Waals surface area contributed by atoms with Gasteiger partial charge < -0.3 is 15.4 Å². The minimum atomic E-state index is 0.272. The number of likely N-dealkylation sites (N-methyl/N-ethyl adjacent to an activating group) is 1. The van der Waals surface area contributed by atoms with Crippen LogP contribution >= 0.6 is 0 Å². The molecule has 0 amide bonds. The zero-order valence-corrected chi connectivity index (χ0v) is 10.2. The zero-order chi connectivity index (χ0) is 11.5. The Bertz CT molecular complexity index is 151. The number of rotatable bonds is 10. The molecule has 0 aromatic heterocycles. The molecule has 1 unspecified atom stereocenters. The number of methoxy groups -OCH3 is 1. The Morgan fingerprint density at radius 3 is 2.80 bits per heavy atom. The summed E-state index contributed by atoms with van der Waals surface area (Å²) in [7, 11) is 3.85. The third kappa shape index (κ3) is 9.91. The summed E-state index contributed by atoms with van der Waals surface area (Å²) in [5, 5.41) is 0. The molecule has 90 valence electrons. The molecule has 0 bridgehead atoms. The molecule has 0 aromatic carbocycles. The average Bonchev–Trinajstić information content (AvgIpc) is 2.18. The van der Waals surface area contributed by atoms with Crippen LogP contribution in [0, 0.1) is 0 Å². The minimum absolute atomic E-state index is 0.272. The van der Waals surface area contributed by atoms with Crippen LogP contribution in [0.1, 0.15) is 25.7 Å². The van der Waals surface area contributed by atoms with E-state index in [4.69, 9.17) is 10.5 Å². The summed E-state index contributed by atoms with van der Waals surface area (Å²) in [5.74, 6) is 0. The van der Waals surface area contributed by atoms with Gasteiger partial charge in [0.25, 0.3) is 0 Å². The topological polar surface area (TPSA) is 38.5 Å². The maximum Gasteiger partial charge on any atom is 0.0462 e. The Morgan fingerprint density at radius 1 is 1.47 bits per heavy atom. The van der Waals surface area contributed by atoms with Crippen molar-refractivity contribution in [2.45, 2.75) is 31.7 Å². The smallest absolute Gasteiger partial charge is 0.0462 e. The van der Waals surface area contributed by atoms with Gasteiger partial charge in [0.15, 0.2) is 0 Å². The molecule has 0 aliphatic rings. The fourth-order valence-corrected chi connectivity index (χ4v) is 1.58. The first kappa shape index (κ1) is 14.6. The van der Waals surface area contributed by atoms with Crippen molar-refractivity contribution >= 4 is 0 Å². The predicted molar refractivity (Wildman–Crippen MR) is 66.0 cm³/mol. The highest BCUT2D eigenvalue weighted by atomic mass is 16.5. The van der Waals surface area contributed by atoms with Crippen LogP contribution in [-0.4, -0.2) is 44.8 Å². The monoisotopic (exact) mass is 214 g/mol. The van der Waals surface area contributed by atoms with E-state index in [2.05, 4.69) is 18.5 Å². The lowest BCUT2D eigenvalue weighted by molar-refractivity contribution is 0.187. The molecule has 1 atom stereocenters. The number of allylic oxidation sites excluding steroid dienone is 1. The van der Waals surface area contributed by atoms with Crippen LogP contribution in [0.15, 0.2) is 12.7 Å². The Labute approximate surface area is 94.3 Å². The lowest BCUT2D eigenvalue weighted by Gasteiger charge is -2.20. The molecule has 0 heterocycles. The van der Waals surface area contributed by atoms with Gasteiger partial charge in [-0.25, -0.2) is 0 Å². The van der Waals surface area contributed by atoms with E-state index in [-0.39, 0.29) is 6.04 Å². The van der Waals surface area contributed by atoms with E-state index >= 15 is 0 Å². The zero-order valence-electron chi connectivity index (χ0n) is 10.2. The van der Waals surface area contributed by atoms with E-state index in [1.165, 1.54) is 6.42 Å². The van der Waals surface area contributed by atoms with E-state index < -0.39 is 0 Å². The Morgan fingerprint density at radius 2 is 2.20 bits per heavy atom. The summed E-state index contributed by atoms with van der Waals surface area (Å²) in [4.78, 5) is 2.29. The van der Waals surface area contributed by atoms with Gasteiger partial charge in [0, 0.05) is 26.3 Å². The van der Waals surface area contributed by atoms with Gasteiger partial charge >= 0.3 is 0 Å². The maximum absolute atomic E-state index is 6.00. The molecular weight excluding hydrogens is 188 g/mol. The third-order valence-corrected chi connectivity index (χ3v) is 2.42. The predicted octanol–water partition coefficient (Wildman–Crippen LogP) is 1.64. The second-order valence-electron chi connectivity index (χ2n) is 4.09. The van der Waals surface area contributed by atoms with Crippen molar-refractivity contribution in [3.63, 3.8) is 0 Å². The molecule has 15 heavy (non-hydrogen) atoms. The molecule has 0 fully saturated rings. The number of nitrogens with two attached hydrogens (primary N) is 1. The number of nitrogens with zero attached hydrogens (tertiary/aromatic N) is 1. The van der Waals surface area contributed by atoms with Crippen LogP contribution in [0.3, 0.4) is 0 Å². The van der Waals surface area contributed by atoms with Crippen molar-refractivity contribution < 1.29 is 4.74 Å². The molecule has 0 saturated heterocycles. The van der Waals surface area contributed by atoms with Crippen molar-refractivity contribution in [1.29, 1.82) is 0 Å². The van der Waals surface area contributed by atoms with Gasteiger partial charge in [0.05, 0.1) is 0 Å². The fraction of sp³-hybridized carbons (Fsp3) is 0.833. The molecule has 0 aliphatic carbocycles. The van der Waals surface area contributed by atoms with Crippen LogP contribution in [0.2, 0.25) is 0 Å². The Hall–Kier alpha value is -0.380. The molecule has 0 rings (SSSR count). The first-order valence-electron chi connectivity index (χ1n) is 5.74. The Kier molecular flexibility index (Phi) is 9.89. The van der Waals surface area contributed by atoms with Gasteiger partial charge in [0.1, 0.15) is 0 Å². The van der Waals surface area contributed by atoms with Crippen LogP contribution in [0.25, 0.3) is 0 Å². The van der Waals surface area contributed by atoms with Crippen LogP contribution < -0.4 is 5.73 Å². The Balaban J connectivity index is 3.39. The van der Waals surface area contributed by atoms with E-state index in [1.807, 2.05) is 6.08 Å². The highest BCUT2D eigenvalue weighted by Crippen LogP contribution is 1.99. The summed E-state index contributed by atoms with van der Waals surface area (Å²) in [5.41, 5.74) is 6.00. The van der Waals surface area contributed by atoms with Gasteiger partial charge in [-0.05, 0) is 39.3 Å². The van der Waals surface area contributed by atoms with Crippen molar-refractivity contribution in [2.24, 2.45) is 5.73 Å². The second kappa shape index (κ2) is 10.1. The maximum atomic E-state index is 6.00. The van der Waals surface area contributed by atoms with Crippen LogP contribution in [-0.2, 0) is 4.74 Å². The second-order valence-corrected chi connectivity index (χ2v) is 4.09. The molecule has 0 aliphatic heterocycles. The standard InChI is InChI=1S/C12H26N2O/c1-4-5-6-9-14(2)11-12(13)8-7-10-15-3/h4,12H,1,5-11,13H2,2-3H3. The van der Waals surface area contributed by atoms with E-state index in [9.17, 15) is 0 Å². The van der Waals surface area contributed by atoms with Crippen molar-refractivity contribution in [3.05, 3.63) is 12.7 Å². The molecule has 0 radical (unpaired) electrons. The summed E-state index contributed by atoms with van der Waals surface area (Å²) >= 11 is 0. The van der Waals surface area contributed by atoms with E-state index in [0.29, 0.717) is 0 Å². The van der Waals surface area contributed by atoms with Crippen LogP contribution in [0.4, 0.5) is 0 Å². The molecule has 0 spiro atoms. The summed E-state index contributed by atoms with van der Waals surface area (Å²) in [6.07, 6.45) is 6.32. The minimum Gasteiger partial charge on any atom is -0.385 e. The molecule has 0 aromatic rings. The van der Waals surface area contributed by atoms with Gasteiger partial charge in [-0.2, -0.15) is 0 Å². The summed E-state index contributed by atoms with van der Waals surface area (Å²) in [6, 6.07) is 0.272. The SMILES string of the molecule is C=CCCCN(C)CC(N)CCCOC. The number of hydrogen-bond donors (Lipinski definition) is 1. The average molecular weight is 214 g/mol. The summed E-state index contributed by atoms with van der Waals surface area (Å²) in [6.45, 7) is 6.60. The van der Waals surface area contributed by atoms with Gasteiger partial charge in [-0.1, -0.05) is 6.08 Å². The van der Waals surface area contributed by atoms with E-state index in [0.717, 1.165) is 39.0 Å². The third-order valence-electron chi connectivity index (χ3n) is 2.42. The van der Waals surface area contributed by atoms with Gasteiger partial charge in [-0.3, -0.25) is 0 Å². The number of unbranched alkanes of at least 4 members (excludes halogenated alkanes) is 1. The molecule has 0 saturated carbocycles. The van der Waals surface area contributed by atoms with Crippen molar-refractivity contribution in [2.75, 3.05) is 33.9 Å². The molecule has 2 N–H and O–H groups in total. The van der Waals surface area contributed by atoms with Crippen LogP contribution in [0.5, 0.6) is 0 Å². The lowest BCUT2D eigenvalue weighted by atomic mass is 10.1. The van der Waals surface area contributed by atoms with Gasteiger partial charge in [0.2, 0.25) is 0 Å². The highest BCUT2D eigenvalue weighted by Gasteiger charge is 2.05. The molecule has 3 nitrogen and oxygen atoms in total. The van der Waals surface area contributed by atoms with Crippen molar-refractivity contribution in [3.8, 4) is 0 Å². The lowest BCUT2D eigenvalue weighted by Crippen LogP contribution is -2.35. The summed E-state index contributed by atoms with van der Waals surface area (Å²) < 4.78 is 5.00. The van der Waals surface area contributed by atoms with Crippen molar-refractivity contribution in [1.82, 2.24) is 4.90 Å². The highest BCUT2D eigenvalue weighted by molar-refractivity contribution is 4.69. The van der Waals surface area contributed by atoms with Gasteiger partial charge in [-0.15, -0.1) is 6.58 Å². The van der Waals surface area contributed by atoms with E-state index in [1.54, 1.807) is 7.11 Å². The quantitative estimate of drug-likeness (QED) is 0.444. The molecule has 3 heteroatoms. The molecular formula is C12H26N2O. The normalized spacial score (nSPS) is 13.1.